The molecule has 1 aromatic carbocycles. The van der Waals surface area contributed by atoms with Crippen LogP contribution < -0.4 is 10.1 Å². The van der Waals surface area contributed by atoms with Gasteiger partial charge in [0.25, 0.3) is 0 Å². The number of nitrogens with one attached hydrogen (secondary N) is 1. The Hall–Kier alpha value is -1.97. The van der Waals surface area contributed by atoms with Gasteiger partial charge in [-0.2, -0.15) is 0 Å². The van der Waals surface area contributed by atoms with Gasteiger partial charge in [0, 0.05) is 6.04 Å². The predicted molar refractivity (Wildman–Crippen MR) is 96.3 cm³/mol. The van der Waals surface area contributed by atoms with E-state index in [1.807, 2.05) is 0 Å². The number of carbonyl (C=O) groups excluding carboxylic acids is 1. The minimum Gasteiger partial charge on any atom is -0.504 e. The highest BCUT2D eigenvalue weighted by Crippen LogP contribution is 2.29. The lowest BCUT2D eigenvalue weighted by Crippen LogP contribution is -2.38. The Morgan fingerprint density at radius 2 is 2.08 bits per heavy atom. The van der Waals surface area contributed by atoms with Crippen molar-refractivity contribution in [1.82, 2.24) is 5.32 Å². The van der Waals surface area contributed by atoms with E-state index in [9.17, 15) is 9.90 Å². The van der Waals surface area contributed by atoms with Gasteiger partial charge in [-0.15, -0.1) is 0 Å². The summed E-state index contributed by atoms with van der Waals surface area (Å²) >= 11 is 0. The van der Waals surface area contributed by atoms with Crippen LogP contribution in [0.3, 0.4) is 0 Å². The maximum atomic E-state index is 12.2. The Labute approximate surface area is 144 Å². The molecule has 0 saturated heterocycles. The van der Waals surface area contributed by atoms with Crippen molar-refractivity contribution in [3.63, 3.8) is 0 Å². The minimum absolute atomic E-state index is 0.0418. The number of hydrogen-bond donors (Lipinski definition) is 2. The zero-order valence-electron chi connectivity index (χ0n) is 14.8. The van der Waals surface area contributed by atoms with Gasteiger partial charge in [0.1, 0.15) is 0 Å². The first kappa shape index (κ1) is 18.4. The number of phenolic OH excluding ortho intramolecular Hbond substituents is 1. The van der Waals surface area contributed by atoms with Crippen molar-refractivity contribution < 1.29 is 14.6 Å². The van der Waals surface area contributed by atoms with Crippen molar-refractivity contribution in [2.75, 3.05) is 7.11 Å². The Balaban J connectivity index is 1.75. The van der Waals surface area contributed by atoms with Gasteiger partial charge in [-0.3, -0.25) is 4.79 Å². The smallest absolute Gasteiger partial charge is 0.224 e. The van der Waals surface area contributed by atoms with Gasteiger partial charge < -0.3 is 15.2 Å². The molecule has 2 rings (SSSR count). The number of phenols is 1. The van der Waals surface area contributed by atoms with Gasteiger partial charge in [0.2, 0.25) is 5.91 Å². The number of carbonyl (C=O) groups is 1. The van der Waals surface area contributed by atoms with Crippen LogP contribution in [0.5, 0.6) is 11.5 Å². The molecule has 1 fully saturated rings. The Kier molecular flexibility index (Phi) is 7.16. The standard InChI is InChI=1S/C20H29NO3/c1-3-4-5-6-15-7-10-17(11-8-15)21-20(23)14-16-9-12-18(22)19(13-16)24-2/h3-4,9,12-13,15,17,22H,5-8,10-11,14H2,1-2H3,(H,21,23)/b4-3+/t15-,17-. The molecule has 0 radical (unpaired) electrons. The number of amides is 1. The summed E-state index contributed by atoms with van der Waals surface area (Å²) in [6.45, 7) is 2.07. The number of ether oxygens (including phenoxy) is 1. The fourth-order valence-electron chi connectivity index (χ4n) is 3.39. The molecular weight excluding hydrogens is 302 g/mol. The van der Waals surface area contributed by atoms with Crippen LogP contribution in [0.1, 0.15) is 51.0 Å². The van der Waals surface area contributed by atoms with E-state index in [0.717, 1.165) is 24.3 Å². The van der Waals surface area contributed by atoms with Crippen LogP contribution in [0.25, 0.3) is 0 Å². The molecule has 1 saturated carbocycles. The third-order valence-electron chi connectivity index (χ3n) is 4.80. The average Bonchev–Trinajstić information content (AvgIpc) is 2.58. The molecule has 1 aromatic rings. The highest BCUT2D eigenvalue weighted by Gasteiger charge is 2.22. The maximum Gasteiger partial charge on any atom is 0.224 e. The SMILES string of the molecule is C/C=C/CC[C@H]1CC[C@H](NC(=O)Cc2ccc(O)c(OC)c2)CC1. The Bertz CT molecular complexity index is 560. The molecule has 4 nitrogen and oxygen atoms in total. The summed E-state index contributed by atoms with van der Waals surface area (Å²) in [5.41, 5.74) is 0.849. The lowest BCUT2D eigenvalue weighted by molar-refractivity contribution is -0.121. The van der Waals surface area contributed by atoms with Gasteiger partial charge in [-0.05, 0) is 69.1 Å². The van der Waals surface area contributed by atoms with Crippen molar-refractivity contribution >= 4 is 5.91 Å². The number of hydrogen-bond acceptors (Lipinski definition) is 3. The molecule has 0 aliphatic heterocycles. The van der Waals surface area contributed by atoms with Crippen LogP contribution in [0.15, 0.2) is 30.4 Å². The molecule has 0 unspecified atom stereocenters. The average molecular weight is 331 g/mol. The molecule has 0 aromatic heterocycles. The van der Waals surface area contributed by atoms with E-state index in [1.165, 1.54) is 32.8 Å². The number of aromatic hydroxyl groups is 1. The summed E-state index contributed by atoms with van der Waals surface area (Å²) in [6.07, 6.45) is 11.7. The van der Waals surface area contributed by atoms with Gasteiger partial charge in [0.05, 0.1) is 13.5 Å². The van der Waals surface area contributed by atoms with E-state index < -0.39 is 0 Å². The Morgan fingerprint density at radius 3 is 2.75 bits per heavy atom. The number of allylic oxidation sites excluding steroid dienone is 2. The van der Waals surface area contributed by atoms with Crippen LogP contribution in [-0.2, 0) is 11.2 Å². The van der Waals surface area contributed by atoms with Gasteiger partial charge in [0.15, 0.2) is 11.5 Å². The number of methoxy groups -OCH3 is 1. The van der Waals surface area contributed by atoms with Gasteiger partial charge in [-0.25, -0.2) is 0 Å². The zero-order valence-corrected chi connectivity index (χ0v) is 14.8. The third-order valence-corrected chi connectivity index (χ3v) is 4.80. The fourth-order valence-corrected chi connectivity index (χ4v) is 3.39. The van der Waals surface area contributed by atoms with E-state index in [2.05, 4.69) is 24.4 Å². The van der Waals surface area contributed by atoms with E-state index in [0.29, 0.717) is 18.2 Å². The fraction of sp³-hybridized carbons (Fsp3) is 0.550. The molecule has 132 valence electrons. The normalized spacial score (nSPS) is 20.9. The second-order valence-electron chi connectivity index (χ2n) is 6.61. The van der Waals surface area contributed by atoms with Gasteiger partial charge >= 0.3 is 0 Å². The van der Waals surface area contributed by atoms with Crippen molar-refractivity contribution in [3.8, 4) is 11.5 Å². The maximum absolute atomic E-state index is 12.2. The van der Waals surface area contributed by atoms with Crippen molar-refractivity contribution in [2.45, 2.75) is 57.9 Å². The highest BCUT2D eigenvalue weighted by molar-refractivity contribution is 5.79. The molecule has 24 heavy (non-hydrogen) atoms. The molecule has 1 aliphatic rings. The van der Waals surface area contributed by atoms with Gasteiger partial charge in [-0.1, -0.05) is 18.2 Å². The molecule has 0 atom stereocenters. The second kappa shape index (κ2) is 9.36. The number of rotatable bonds is 7. The summed E-state index contributed by atoms with van der Waals surface area (Å²) in [7, 11) is 1.51. The topological polar surface area (TPSA) is 58.6 Å². The van der Waals surface area contributed by atoms with E-state index in [4.69, 9.17) is 4.74 Å². The Morgan fingerprint density at radius 1 is 1.33 bits per heavy atom. The number of benzene rings is 1. The highest BCUT2D eigenvalue weighted by atomic mass is 16.5. The van der Waals surface area contributed by atoms with Crippen molar-refractivity contribution in [2.24, 2.45) is 5.92 Å². The quantitative estimate of drug-likeness (QED) is 0.743. The van der Waals surface area contributed by atoms with Crippen LogP contribution in [0.4, 0.5) is 0 Å². The molecule has 0 bridgehead atoms. The summed E-state index contributed by atoms with van der Waals surface area (Å²) in [5, 5.41) is 12.8. The first-order valence-corrected chi connectivity index (χ1v) is 8.88. The van der Waals surface area contributed by atoms with Crippen LogP contribution in [-0.4, -0.2) is 24.2 Å². The van der Waals surface area contributed by atoms with Crippen LogP contribution in [0, 0.1) is 5.92 Å². The molecule has 0 spiro atoms. The first-order valence-electron chi connectivity index (χ1n) is 8.88. The molecule has 1 aliphatic carbocycles. The molecular formula is C20H29NO3. The van der Waals surface area contributed by atoms with Crippen molar-refractivity contribution in [3.05, 3.63) is 35.9 Å². The van der Waals surface area contributed by atoms with Crippen molar-refractivity contribution in [1.29, 1.82) is 0 Å². The van der Waals surface area contributed by atoms with Crippen LogP contribution in [0.2, 0.25) is 0 Å². The van der Waals surface area contributed by atoms with E-state index in [-0.39, 0.29) is 11.7 Å². The zero-order chi connectivity index (χ0) is 17.4. The summed E-state index contributed by atoms with van der Waals surface area (Å²) < 4.78 is 5.08. The summed E-state index contributed by atoms with van der Waals surface area (Å²) in [5.74, 6) is 1.34. The molecule has 4 heteroatoms. The molecule has 0 heterocycles. The third kappa shape index (κ3) is 5.59. The van der Waals surface area contributed by atoms with Crippen LogP contribution >= 0.6 is 0 Å². The van der Waals surface area contributed by atoms with E-state index >= 15 is 0 Å². The minimum atomic E-state index is 0.0418. The predicted octanol–water partition coefficient (Wildman–Crippen LogP) is 3.97. The second-order valence-corrected chi connectivity index (χ2v) is 6.61. The van der Waals surface area contributed by atoms with E-state index in [1.54, 1.807) is 18.2 Å². The first-order chi connectivity index (χ1) is 11.6. The monoisotopic (exact) mass is 331 g/mol. The molecule has 1 amide bonds. The molecule has 2 N–H and O–H groups in total. The summed E-state index contributed by atoms with van der Waals surface area (Å²) in [6, 6.07) is 5.34. The lowest BCUT2D eigenvalue weighted by atomic mass is 9.83. The largest absolute Gasteiger partial charge is 0.504 e. The lowest BCUT2D eigenvalue weighted by Gasteiger charge is -2.29. The summed E-state index contributed by atoms with van der Waals surface area (Å²) in [4.78, 5) is 12.2.